The molecule has 0 amide bonds. The molecule has 0 aliphatic carbocycles. The standard InChI is InChI=1S/C14H18N4O2S2/c1-9(2)14-16-13(21-17-14)8-18-6-5-10-7-11(22(15,19)20)3-4-12(10)18/h3-4,7,9H,5-6,8H2,1-2H3,(H2,15,19,20). The van der Waals surface area contributed by atoms with Crippen molar-refractivity contribution in [3.8, 4) is 0 Å². The van der Waals surface area contributed by atoms with Crippen LogP contribution in [0.25, 0.3) is 0 Å². The topological polar surface area (TPSA) is 89.2 Å². The predicted octanol–water partition coefficient (Wildman–Crippen LogP) is 1.87. The maximum Gasteiger partial charge on any atom is 0.238 e. The molecule has 3 rings (SSSR count). The van der Waals surface area contributed by atoms with Gasteiger partial charge in [-0.25, -0.2) is 18.5 Å². The molecule has 0 bridgehead atoms. The third-order valence-electron chi connectivity index (χ3n) is 3.70. The number of primary sulfonamides is 1. The van der Waals surface area contributed by atoms with Gasteiger partial charge in [0.05, 0.1) is 11.4 Å². The van der Waals surface area contributed by atoms with Gasteiger partial charge in [-0.3, -0.25) is 0 Å². The fraction of sp³-hybridized carbons (Fsp3) is 0.429. The summed E-state index contributed by atoms with van der Waals surface area (Å²) in [5, 5.41) is 6.16. The molecule has 0 radical (unpaired) electrons. The van der Waals surface area contributed by atoms with E-state index >= 15 is 0 Å². The minimum atomic E-state index is -3.65. The average Bonchev–Trinajstić information content (AvgIpc) is 3.05. The van der Waals surface area contributed by atoms with Gasteiger partial charge in [0, 0.05) is 18.2 Å². The second kappa shape index (κ2) is 5.60. The van der Waals surface area contributed by atoms with Gasteiger partial charge in [0.25, 0.3) is 0 Å². The van der Waals surface area contributed by atoms with Gasteiger partial charge in [-0.1, -0.05) is 13.8 Å². The molecule has 0 saturated heterocycles. The maximum absolute atomic E-state index is 11.4. The van der Waals surface area contributed by atoms with Gasteiger partial charge in [0.1, 0.15) is 10.8 Å². The number of rotatable bonds is 4. The van der Waals surface area contributed by atoms with Crippen LogP contribution in [0.3, 0.4) is 0 Å². The molecule has 0 saturated carbocycles. The zero-order chi connectivity index (χ0) is 15.9. The first-order valence-electron chi connectivity index (χ1n) is 7.08. The first-order chi connectivity index (χ1) is 10.3. The zero-order valence-electron chi connectivity index (χ0n) is 12.5. The van der Waals surface area contributed by atoms with Crippen LogP contribution >= 0.6 is 11.5 Å². The zero-order valence-corrected chi connectivity index (χ0v) is 14.1. The molecule has 2 heterocycles. The molecule has 6 nitrogen and oxygen atoms in total. The maximum atomic E-state index is 11.4. The summed E-state index contributed by atoms with van der Waals surface area (Å²) in [6, 6.07) is 5.06. The number of anilines is 1. The Morgan fingerprint density at radius 3 is 2.82 bits per heavy atom. The number of hydrogen-bond acceptors (Lipinski definition) is 6. The summed E-state index contributed by atoms with van der Waals surface area (Å²) in [6.07, 6.45) is 0.814. The van der Waals surface area contributed by atoms with Crippen LogP contribution in [0.1, 0.15) is 36.2 Å². The van der Waals surface area contributed by atoms with Gasteiger partial charge in [-0.05, 0) is 41.7 Å². The van der Waals surface area contributed by atoms with Crippen molar-refractivity contribution in [1.29, 1.82) is 0 Å². The second-order valence-corrected chi connectivity index (χ2v) is 8.11. The van der Waals surface area contributed by atoms with E-state index < -0.39 is 10.0 Å². The van der Waals surface area contributed by atoms with Crippen molar-refractivity contribution >= 4 is 27.2 Å². The number of sulfonamides is 1. The van der Waals surface area contributed by atoms with Crippen molar-refractivity contribution in [2.45, 2.75) is 37.6 Å². The molecule has 0 spiro atoms. The molecule has 0 atom stereocenters. The lowest BCUT2D eigenvalue weighted by Crippen LogP contribution is -2.19. The lowest BCUT2D eigenvalue weighted by molar-refractivity contribution is 0.597. The Balaban J connectivity index is 1.82. The number of nitrogens with two attached hydrogens (primary N) is 1. The van der Waals surface area contributed by atoms with Gasteiger partial charge in [-0.15, -0.1) is 0 Å². The third kappa shape index (κ3) is 2.99. The van der Waals surface area contributed by atoms with E-state index in [-0.39, 0.29) is 4.90 Å². The number of aromatic nitrogens is 2. The van der Waals surface area contributed by atoms with Crippen molar-refractivity contribution in [3.63, 3.8) is 0 Å². The summed E-state index contributed by atoms with van der Waals surface area (Å²) < 4.78 is 27.2. The summed E-state index contributed by atoms with van der Waals surface area (Å²) in [6.45, 7) is 5.70. The van der Waals surface area contributed by atoms with Crippen molar-refractivity contribution in [1.82, 2.24) is 9.36 Å². The first-order valence-corrected chi connectivity index (χ1v) is 9.39. The summed E-state index contributed by atoms with van der Waals surface area (Å²) in [5.41, 5.74) is 2.06. The van der Waals surface area contributed by atoms with Crippen LogP contribution in [-0.2, 0) is 23.0 Å². The predicted molar refractivity (Wildman–Crippen MR) is 86.6 cm³/mol. The summed E-state index contributed by atoms with van der Waals surface area (Å²) >= 11 is 1.43. The lowest BCUT2D eigenvalue weighted by atomic mass is 10.2. The van der Waals surface area contributed by atoms with Crippen LogP contribution in [0.4, 0.5) is 5.69 Å². The quantitative estimate of drug-likeness (QED) is 0.919. The van der Waals surface area contributed by atoms with Crippen LogP contribution in [-0.4, -0.2) is 24.3 Å². The van der Waals surface area contributed by atoms with Gasteiger partial charge in [0.15, 0.2) is 0 Å². The Kier molecular flexibility index (Phi) is 3.92. The highest BCUT2D eigenvalue weighted by Crippen LogP contribution is 2.31. The molecule has 1 aromatic carbocycles. The Hall–Kier alpha value is -1.51. The van der Waals surface area contributed by atoms with E-state index in [9.17, 15) is 8.42 Å². The molecule has 1 aliphatic rings. The van der Waals surface area contributed by atoms with Crippen molar-refractivity contribution in [2.75, 3.05) is 11.4 Å². The Morgan fingerprint density at radius 2 is 2.18 bits per heavy atom. The summed E-state index contributed by atoms with van der Waals surface area (Å²) in [7, 11) is -3.65. The molecule has 22 heavy (non-hydrogen) atoms. The first kappa shape index (κ1) is 15.4. The molecule has 2 N–H and O–H groups in total. The summed E-state index contributed by atoms with van der Waals surface area (Å²) in [4.78, 5) is 6.93. The largest absolute Gasteiger partial charge is 0.364 e. The van der Waals surface area contributed by atoms with Crippen LogP contribution in [0.5, 0.6) is 0 Å². The number of fused-ring (bicyclic) bond motifs is 1. The molecular formula is C14H18N4O2S2. The van der Waals surface area contributed by atoms with Gasteiger partial charge in [0.2, 0.25) is 10.0 Å². The molecule has 0 unspecified atom stereocenters. The highest BCUT2D eigenvalue weighted by atomic mass is 32.2. The Morgan fingerprint density at radius 1 is 1.41 bits per heavy atom. The monoisotopic (exact) mass is 338 g/mol. The average molecular weight is 338 g/mol. The molecule has 1 aromatic heterocycles. The van der Waals surface area contributed by atoms with Crippen molar-refractivity contribution in [3.05, 3.63) is 34.6 Å². The molecule has 118 valence electrons. The van der Waals surface area contributed by atoms with E-state index in [1.165, 1.54) is 11.5 Å². The minimum absolute atomic E-state index is 0.172. The normalized spacial score (nSPS) is 14.6. The summed E-state index contributed by atoms with van der Waals surface area (Å²) in [5.74, 6) is 1.21. The van der Waals surface area contributed by atoms with Crippen LogP contribution in [0, 0.1) is 0 Å². The molecule has 1 aliphatic heterocycles. The smallest absolute Gasteiger partial charge is 0.238 e. The highest BCUT2D eigenvalue weighted by Gasteiger charge is 2.22. The third-order valence-corrected chi connectivity index (χ3v) is 5.32. The fourth-order valence-electron chi connectivity index (χ4n) is 2.52. The number of nitrogens with zero attached hydrogens (tertiary/aromatic N) is 3. The molecule has 0 fully saturated rings. The van der Waals surface area contributed by atoms with E-state index in [2.05, 4.69) is 28.1 Å². The molecule has 2 aromatic rings. The van der Waals surface area contributed by atoms with Gasteiger partial charge < -0.3 is 4.90 Å². The second-order valence-electron chi connectivity index (χ2n) is 5.71. The van der Waals surface area contributed by atoms with Crippen molar-refractivity contribution in [2.24, 2.45) is 5.14 Å². The van der Waals surface area contributed by atoms with E-state index in [1.54, 1.807) is 12.1 Å². The van der Waals surface area contributed by atoms with Crippen LogP contribution < -0.4 is 10.0 Å². The lowest BCUT2D eigenvalue weighted by Gasteiger charge is -2.17. The Bertz CT molecular complexity index is 799. The molecule has 8 heteroatoms. The van der Waals surface area contributed by atoms with E-state index in [0.29, 0.717) is 12.5 Å². The van der Waals surface area contributed by atoms with Gasteiger partial charge in [-0.2, -0.15) is 4.37 Å². The number of benzene rings is 1. The highest BCUT2D eigenvalue weighted by molar-refractivity contribution is 7.89. The van der Waals surface area contributed by atoms with E-state index in [0.717, 1.165) is 35.0 Å². The SMILES string of the molecule is CC(C)c1nsc(CN2CCc3cc(S(N)(=O)=O)ccc32)n1. The van der Waals surface area contributed by atoms with Crippen LogP contribution in [0.15, 0.2) is 23.1 Å². The fourth-order valence-corrected chi connectivity index (χ4v) is 3.88. The number of hydrogen-bond donors (Lipinski definition) is 1. The minimum Gasteiger partial charge on any atom is -0.364 e. The van der Waals surface area contributed by atoms with Gasteiger partial charge >= 0.3 is 0 Å². The van der Waals surface area contributed by atoms with Crippen LogP contribution in [0.2, 0.25) is 0 Å². The molecular weight excluding hydrogens is 320 g/mol. The van der Waals surface area contributed by atoms with E-state index in [4.69, 9.17) is 5.14 Å². The Labute approximate surface area is 134 Å². The van der Waals surface area contributed by atoms with Crippen molar-refractivity contribution < 1.29 is 8.42 Å². The van der Waals surface area contributed by atoms with E-state index in [1.807, 2.05) is 6.07 Å².